The molecule has 4 rings (SSSR count). The Morgan fingerprint density at radius 1 is 0.886 bits per heavy atom. The number of carbonyl (C=O) groups is 2. The van der Waals surface area contributed by atoms with Gasteiger partial charge in [0.2, 0.25) is 0 Å². The molecular formula is C25H21N3O7. The quantitative estimate of drug-likeness (QED) is 0.378. The highest BCUT2D eigenvalue weighted by molar-refractivity contribution is 6.24. The van der Waals surface area contributed by atoms with E-state index in [0.717, 1.165) is 17.0 Å². The number of hydrogen-bond acceptors (Lipinski definition) is 7. The first kappa shape index (κ1) is 23.6. The lowest BCUT2D eigenvalue weighted by Crippen LogP contribution is -2.46. The molecule has 0 bridgehead atoms. The molecule has 1 heterocycles. The Labute approximate surface area is 200 Å². The molecule has 3 aromatic rings. The SMILES string of the molecule is CC(C)(C)OC(=O)N1C(=O)[C@](c2ccccc2)(c2ccc([N+](=O)[O-])cc2[N+](=O)[O-])c2ccccc21. The smallest absolute Gasteiger partial charge is 0.421 e. The van der Waals surface area contributed by atoms with Crippen LogP contribution in [0.1, 0.15) is 37.5 Å². The van der Waals surface area contributed by atoms with Crippen molar-refractivity contribution in [2.45, 2.75) is 31.8 Å². The lowest BCUT2D eigenvalue weighted by Gasteiger charge is -2.30. The molecule has 2 amide bonds. The molecule has 1 aliphatic rings. The van der Waals surface area contributed by atoms with Crippen LogP contribution in [0.2, 0.25) is 0 Å². The van der Waals surface area contributed by atoms with Crippen molar-refractivity contribution in [2.75, 3.05) is 4.90 Å². The summed E-state index contributed by atoms with van der Waals surface area (Å²) in [5.41, 5.74) is -3.05. The number of amides is 2. The lowest BCUT2D eigenvalue weighted by atomic mass is 9.69. The van der Waals surface area contributed by atoms with Gasteiger partial charge in [0.1, 0.15) is 11.0 Å². The van der Waals surface area contributed by atoms with Crippen LogP contribution in [-0.2, 0) is 14.9 Å². The number of rotatable bonds is 4. The van der Waals surface area contributed by atoms with Gasteiger partial charge in [-0.3, -0.25) is 25.0 Å². The van der Waals surface area contributed by atoms with Crippen molar-refractivity contribution in [3.8, 4) is 0 Å². The second-order valence-corrected chi connectivity index (χ2v) is 8.97. The standard InChI is InChI=1S/C25H21N3O7/c1-24(2,3)35-23(30)26-20-12-8-7-11-18(20)25(22(26)29,16-9-5-4-6-10-16)19-14-13-17(27(31)32)15-21(19)28(33)34/h4-15H,1-3H3/t25-/m0/s1. The van der Waals surface area contributed by atoms with Gasteiger partial charge in [-0.25, -0.2) is 9.69 Å². The van der Waals surface area contributed by atoms with Gasteiger partial charge >= 0.3 is 6.09 Å². The highest BCUT2D eigenvalue weighted by atomic mass is 16.6. The van der Waals surface area contributed by atoms with Crippen LogP contribution in [0.5, 0.6) is 0 Å². The Hall–Kier alpha value is -4.60. The van der Waals surface area contributed by atoms with Crippen molar-refractivity contribution in [3.05, 3.63) is 110 Å². The van der Waals surface area contributed by atoms with Crippen LogP contribution in [0.4, 0.5) is 21.9 Å². The number of benzene rings is 3. The Morgan fingerprint density at radius 2 is 1.51 bits per heavy atom. The maximum absolute atomic E-state index is 14.3. The molecule has 178 valence electrons. The van der Waals surface area contributed by atoms with Crippen LogP contribution in [0.15, 0.2) is 72.8 Å². The molecule has 0 N–H and O–H groups in total. The number of para-hydroxylation sites is 1. The average molecular weight is 475 g/mol. The van der Waals surface area contributed by atoms with Gasteiger partial charge in [0.15, 0.2) is 0 Å². The molecule has 0 saturated heterocycles. The lowest BCUT2D eigenvalue weighted by molar-refractivity contribution is -0.394. The molecule has 0 aromatic heterocycles. The second-order valence-electron chi connectivity index (χ2n) is 8.97. The minimum Gasteiger partial charge on any atom is -0.443 e. The van der Waals surface area contributed by atoms with Crippen LogP contribution >= 0.6 is 0 Å². The molecule has 0 spiro atoms. The predicted octanol–water partition coefficient (Wildman–Crippen LogP) is 5.12. The third-order valence-corrected chi connectivity index (χ3v) is 5.65. The number of fused-ring (bicyclic) bond motifs is 1. The van der Waals surface area contributed by atoms with Crippen LogP contribution in [-0.4, -0.2) is 27.4 Å². The van der Waals surface area contributed by atoms with Gasteiger partial charge in [0.05, 0.1) is 27.2 Å². The van der Waals surface area contributed by atoms with E-state index in [4.69, 9.17) is 4.74 Å². The first-order valence-electron chi connectivity index (χ1n) is 10.6. The number of anilines is 1. The fraction of sp³-hybridized carbons (Fsp3) is 0.200. The molecule has 0 radical (unpaired) electrons. The number of nitro groups is 2. The van der Waals surface area contributed by atoms with Crippen molar-refractivity contribution in [1.29, 1.82) is 0 Å². The van der Waals surface area contributed by atoms with E-state index in [0.29, 0.717) is 11.1 Å². The number of nitro benzene ring substituents is 2. The summed E-state index contributed by atoms with van der Waals surface area (Å²) >= 11 is 0. The molecule has 1 atom stereocenters. The largest absolute Gasteiger partial charge is 0.443 e. The van der Waals surface area contributed by atoms with Gasteiger partial charge in [-0.2, -0.15) is 0 Å². The topological polar surface area (TPSA) is 133 Å². The van der Waals surface area contributed by atoms with Gasteiger partial charge in [-0.15, -0.1) is 0 Å². The van der Waals surface area contributed by atoms with E-state index in [9.17, 15) is 29.8 Å². The normalized spacial score (nSPS) is 17.1. The molecule has 10 nitrogen and oxygen atoms in total. The number of imide groups is 1. The zero-order valence-corrected chi connectivity index (χ0v) is 19.1. The molecule has 0 saturated carbocycles. The predicted molar refractivity (Wildman–Crippen MR) is 126 cm³/mol. The zero-order chi connectivity index (χ0) is 25.5. The first-order chi connectivity index (χ1) is 16.5. The summed E-state index contributed by atoms with van der Waals surface area (Å²) < 4.78 is 5.49. The van der Waals surface area contributed by atoms with Crippen molar-refractivity contribution in [3.63, 3.8) is 0 Å². The van der Waals surface area contributed by atoms with Crippen LogP contribution in [0.3, 0.4) is 0 Å². The molecular weight excluding hydrogens is 454 g/mol. The highest BCUT2D eigenvalue weighted by Gasteiger charge is 2.58. The molecule has 0 unspecified atom stereocenters. The summed E-state index contributed by atoms with van der Waals surface area (Å²) in [6.07, 6.45) is -0.933. The maximum atomic E-state index is 14.3. The van der Waals surface area contributed by atoms with Crippen molar-refractivity contribution in [1.82, 2.24) is 0 Å². The Morgan fingerprint density at radius 3 is 2.11 bits per heavy atom. The molecule has 35 heavy (non-hydrogen) atoms. The minimum atomic E-state index is -1.83. The molecule has 0 aliphatic carbocycles. The summed E-state index contributed by atoms with van der Waals surface area (Å²) in [6.45, 7) is 4.97. The number of hydrogen-bond donors (Lipinski definition) is 0. The Balaban J connectivity index is 2.09. The summed E-state index contributed by atoms with van der Waals surface area (Å²) in [4.78, 5) is 50.3. The summed E-state index contributed by atoms with van der Waals surface area (Å²) in [5, 5.41) is 23.5. The van der Waals surface area contributed by atoms with Crippen LogP contribution in [0, 0.1) is 20.2 Å². The van der Waals surface area contributed by atoms with E-state index in [2.05, 4.69) is 0 Å². The van der Waals surface area contributed by atoms with Crippen molar-refractivity contribution < 1.29 is 24.2 Å². The van der Waals surface area contributed by atoms with Gasteiger partial charge in [-0.05, 0) is 38.5 Å². The molecule has 10 heteroatoms. The minimum absolute atomic E-state index is 0.0946. The van der Waals surface area contributed by atoms with Gasteiger partial charge in [0, 0.05) is 11.6 Å². The molecule has 0 fully saturated rings. The summed E-state index contributed by atoms with van der Waals surface area (Å²) in [7, 11) is 0. The van der Waals surface area contributed by atoms with Crippen LogP contribution < -0.4 is 4.90 Å². The third-order valence-electron chi connectivity index (χ3n) is 5.65. The fourth-order valence-electron chi connectivity index (χ4n) is 4.35. The second kappa shape index (κ2) is 8.32. The van der Waals surface area contributed by atoms with Crippen molar-refractivity contribution in [2.24, 2.45) is 0 Å². The highest BCUT2D eigenvalue weighted by Crippen LogP contribution is 2.53. The maximum Gasteiger partial charge on any atom is 0.421 e. The molecule has 1 aliphatic heterocycles. The van der Waals surface area contributed by atoms with Gasteiger partial charge in [0.25, 0.3) is 17.3 Å². The van der Waals surface area contributed by atoms with E-state index in [1.165, 1.54) is 6.07 Å². The Bertz CT molecular complexity index is 1360. The van der Waals surface area contributed by atoms with Crippen molar-refractivity contribution >= 4 is 29.1 Å². The number of ether oxygens (including phenoxy) is 1. The average Bonchev–Trinajstić information content (AvgIpc) is 3.06. The monoisotopic (exact) mass is 475 g/mol. The van der Waals surface area contributed by atoms with Gasteiger partial charge in [-0.1, -0.05) is 48.5 Å². The van der Waals surface area contributed by atoms with E-state index in [1.807, 2.05) is 0 Å². The zero-order valence-electron chi connectivity index (χ0n) is 19.1. The van der Waals surface area contributed by atoms with E-state index in [-0.39, 0.29) is 11.3 Å². The molecule has 3 aromatic carbocycles. The summed E-state index contributed by atoms with van der Waals surface area (Å²) in [6, 6.07) is 17.9. The number of carbonyl (C=O) groups excluding carboxylic acids is 2. The van der Waals surface area contributed by atoms with E-state index < -0.39 is 44.2 Å². The van der Waals surface area contributed by atoms with Crippen LogP contribution in [0.25, 0.3) is 0 Å². The third kappa shape index (κ3) is 3.78. The van der Waals surface area contributed by atoms with Gasteiger partial charge < -0.3 is 4.74 Å². The first-order valence-corrected chi connectivity index (χ1v) is 10.6. The fourth-order valence-corrected chi connectivity index (χ4v) is 4.35. The summed E-state index contributed by atoms with van der Waals surface area (Å²) in [5.74, 6) is -0.781. The Kier molecular flexibility index (Phi) is 5.60. The van der Waals surface area contributed by atoms with E-state index in [1.54, 1.807) is 75.4 Å². The number of nitrogens with zero attached hydrogens (tertiary/aromatic N) is 3. The van der Waals surface area contributed by atoms with E-state index >= 15 is 0 Å². The number of non-ortho nitro benzene ring substituents is 1.